The van der Waals surface area contributed by atoms with Gasteiger partial charge in [0.05, 0.1) is 0 Å². The summed E-state index contributed by atoms with van der Waals surface area (Å²) in [5.74, 6) is 2.30. The molecule has 0 aliphatic heterocycles. The second-order valence-corrected chi connectivity index (χ2v) is 3.35. The zero-order valence-corrected chi connectivity index (χ0v) is 8.27. The zero-order chi connectivity index (χ0) is 8.53. The second kappa shape index (κ2) is 7.91. The first-order valence-corrected chi connectivity index (χ1v) is 4.94. The number of allylic oxidation sites excluding steroid dienone is 1. The van der Waals surface area contributed by atoms with Crippen molar-refractivity contribution in [1.82, 2.24) is 0 Å². The molecule has 0 spiro atoms. The van der Waals surface area contributed by atoms with Crippen LogP contribution in [0.25, 0.3) is 0 Å². The summed E-state index contributed by atoms with van der Waals surface area (Å²) in [7, 11) is 0. The number of hydrogen-bond acceptors (Lipinski definition) is 0. The Bertz CT molecular complexity index is 97.0. The van der Waals surface area contributed by atoms with E-state index in [0.717, 1.165) is 6.71 Å². The van der Waals surface area contributed by atoms with Crippen LogP contribution in [0, 0.1) is 0 Å². The maximum absolute atomic E-state index is 2.30. The maximum atomic E-state index is 2.30. The summed E-state index contributed by atoms with van der Waals surface area (Å²) in [5, 5.41) is 0. The van der Waals surface area contributed by atoms with Gasteiger partial charge in [0.25, 0.3) is 0 Å². The lowest BCUT2D eigenvalue weighted by Crippen LogP contribution is -2.01. The minimum absolute atomic E-state index is 0.789. The lowest BCUT2D eigenvalue weighted by atomic mass is 9.49. The third-order valence-electron chi connectivity index (χ3n) is 2.03. The molecule has 0 amide bonds. The molecule has 0 unspecified atom stereocenters. The van der Waals surface area contributed by atoms with Gasteiger partial charge in [-0.25, -0.2) is 0 Å². The fourth-order valence-electron chi connectivity index (χ4n) is 1.32. The Morgan fingerprint density at radius 2 is 1.91 bits per heavy atom. The molecule has 0 aliphatic carbocycles. The Morgan fingerprint density at radius 1 is 1.18 bits per heavy atom. The van der Waals surface area contributed by atoms with Crippen molar-refractivity contribution >= 4 is 6.71 Å². The minimum atomic E-state index is 0.789. The molecule has 1 heteroatoms. The Hall–Kier alpha value is -0.195. The summed E-state index contributed by atoms with van der Waals surface area (Å²) in [6.07, 6.45) is 9.09. The highest BCUT2D eigenvalue weighted by Crippen LogP contribution is 2.06. The Labute approximate surface area is 72.2 Å². The highest BCUT2D eigenvalue weighted by Gasteiger charge is 1.99. The van der Waals surface area contributed by atoms with Crippen molar-refractivity contribution in [3.8, 4) is 0 Å². The van der Waals surface area contributed by atoms with Gasteiger partial charge in [0.2, 0.25) is 0 Å². The lowest BCUT2D eigenvalue weighted by Gasteiger charge is -2.00. The van der Waals surface area contributed by atoms with Gasteiger partial charge in [-0.2, -0.15) is 0 Å². The van der Waals surface area contributed by atoms with E-state index in [1.54, 1.807) is 0 Å². The molecule has 0 bridgehead atoms. The van der Waals surface area contributed by atoms with Crippen LogP contribution in [0.1, 0.15) is 39.5 Å². The average molecular weight is 152 g/mol. The van der Waals surface area contributed by atoms with Crippen molar-refractivity contribution in [2.24, 2.45) is 0 Å². The van der Waals surface area contributed by atoms with Gasteiger partial charge in [-0.05, 0) is 6.92 Å². The Morgan fingerprint density at radius 3 is 2.45 bits per heavy atom. The summed E-state index contributed by atoms with van der Waals surface area (Å²) in [4.78, 5) is 0. The van der Waals surface area contributed by atoms with Crippen LogP contribution in [0.15, 0.2) is 12.1 Å². The quantitative estimate of drug-likeness (QED) is 0.401. The van der Waals surface area contributed by atoms with Gasteiger partial charge < -0.3 is 0 Å². The molecule has 0 aromatic carbocycles. The van der Waals surface area contributed by atoms with E-state index in [4.69, 9.17) is 0 Å². The molecule has 0 aliphatic rings. The first-order valence-electron chi connectivity index (χ1n) is 4.94. The molecule has 0 saturated carbocycles. The van der Waals surface area contributed by atoms with Gasteiger partial charge in [-0.1, -0.05) is 45.8 Å². The number of unbranched alkanes of at least 4 members (excludes halogenated alkanes) is 3. The maximum Gasteiger partial charge on any atom is 0.162 e. The monoisotopic (exact) mass is 152 g/mol. The Balaban J connectivity index is 3.10. The molecule has 0 radical (unpaired) electrons. The van der Waals surface area contributed by atoms with Crippen molar-refractivity contribution < 1.29 is 0 Å². The van der Waals surface area contributed by atoms with Crippen LogP contribution in [0.3, 0.4) is 0 Å². The van der Waals surface area contributed by atoms with E-state index >= 15 is 0 Å². The smallest absolute Gasteiger partial charge is 0.120 e. The SMILES string of the molecule is C/C=C/B(C)CCCCCC. The van der Waals surface area contributed by atoms with Crippen LogP contribution < -0.4 is 0 Å². The fraction of sp³-hybridized carbons (Fsp3) is 0.800. The summed E-state index contributed by atoms with van der Waals surface area (Å²) in [6, 6.07) is 0. The van der Waals surface area contributed by atoms with E-state index in [-0.39, 0.29) is 0 Å². The number of rotatable bonds is 6. The summed E-state index contributed by atoms with van der Waals surface area (Å²) >= 11 is 0. The first kappa shape index (κ1) is 10.8. The highest BCUT2D eigenvalue weighted by molar-refractivity contribution is 6.62. The van der Waals surface area contributed by atoms with Gasteiger partial charge in [-0.15, -0.1) is 12.1 Å². The van der Waals surface area contributed by atoms with E-state index in [0.29, 0.717) is 0 Å². The minimum Gasteiger partial charge on any atom is -0.120 e. The first-order chi connectivity index (χ1) is 5.31. The van der Waals surface area contributed by atoms with Gasteiger partial charge in [0.1, 0.15) is 0 Å². The molecule has 0 N–H and O–H groups in total. The molecule has 0 atom stereocenters. The van der Waals surface area contributed by atoms with Crippen molar-refractivity contribution in [3.63, 3.8) is 0 Å². The van der Waals surface area contributed by atoms with Crippen molar-refractivity contribution in [2.45, 2.75) is 52.7 Å². The van der Waals surface area contributed by atoms with E-state index < -0.39 is 0 Å². The molecule has 0 saturated heterocycles. The molecule has 0 fully saturated rings. The molecule has 0 heterocycles. The molecule has 0 rings (SSSR count). The van der Waals surface area contributed by atoms with Crippen LogP contribution in [-0.4, -0.2) is 6.71 Å². The van der Waals surface area contributed by atoms with Crippen LogP contribution in [0.2, 0.25) is 13.1 Å². The predicted octanol–water partition coefficient (Wildman–Crippen LogP) is 3.81. The van der Waals surface area contributed by atoms with Crippen molar-refractivity contribution in [2.75, 3.05) is 0 Å². The van der Waals surface area contributed by atoms with Crippen LogP contribution in [0.5, 0.6) is 0 Å². The molecule has 0 aromatic rings. The molecular formula is C10H21B. The van der Waals surface area contributed by atoms with E-state index in [1.165, 1.54) is 32.0 Å². The topological polar surface area (TPSA) is 0 Å². The van der Waals surface area contributed by atoms with Crippen LogP contribution in [0.4, 0.5) is 0 Å². The van der Waals surface area contributed by atoms with Gasteiger partial charge in [0.15, 0.2) is 6.71 Å². The van der Waals surface area contributed by atoms with Gasteiger partial charge >= 0.3 is 0 Å². The largest absolute Gasteiger partial charge is 0.162 e. The summed E-state index contributed by atoms with van der Waals surface area (Å²) in [5.41, 5.74) is 0. The van der Waals surface area contributed by atoms with E-state index in [9.17, 15) is 0 Å². The molecular weight excluding hydrogens is 131 g/mol. The van der Waals surface area contributed by atoms with Crippen molar-refractivity contribution in [1.29, 1.82) is 0 Å². The third-order valence-corrected chi connectivity index (χ3v) is 2.03. The molecule has 64 valence electrons. The van der Waals surface area contributed by atoms with Gasteiger partial charge in [-0.3, -0.25) is 0 Å². The predicted molar refractivity (Wildman–Crippen MR) is 55.4 cm³/mol. The lowest BCUT2D eigenvalue weighted by molar-refractivity contribution is 0.699. The summed E-state index contributed by atoms with van der Waals surface area (Å²) < 4.78 is 0. The standard InChI is InChI=1S/C10H21B/c1-4-6-7-8-10-11(3)9-5-2/h5,9H,4,6-8,10H2,1-3H3/b9-5+. The number of hydrogen-bond donors (Lipinski definition) is 0. The average Bonchev–Trinajstić information content (AvgIpc) is 1.99. The fourth-order valence-corrected chi connectivity index (χ4v) is 1.32. The van der Waals surface area contributed by atoms with Crippen LogP contribution >= 0.6 is 0 Å². The molecule has 0 nitrogen and oxygen atoms in total. The Kier molecular flexibility index (Phi) is 7.77. The van der Waals surface area contributed by atoms with E-state index in [2.05, 4.69) is 32.7 Å². The third kappa shape index (κ3) is 7.70. The van der Waals surface area contributed by atoms with Gasteiger partial charge in [0, 0.05) is 0 Å². The molecule has 11 heavy (non-hydrogen) atoms. The normalized spacial score (nSPS) is 10.8. The van der Waals surface area contributed by atoms with E-state index in [1.807, 2.05) is 0 Å². The molecule has 0 aromatic heterocycles. The summed E-state index contributed by atoms with van der Waals surface area (Å²) in [6.45, 7) is 7.45. The van der Waals surface area contributed by atoms with Crippen molar-refractivity contribution in [3.05, 3.63) is 12.1 Å². The zero-order valence-electron chi connectivity index (χ0n) is 8.27. The van der Waals surface area contributed by atoms with Crippen LogP contribution in [-0.2, 0) is 0 Å². The second-order valence-electron chi connectivity index (χ2n) is 3.35. The highest BCUT2D eigenvalue weighted by atomic mass is 13.9.